The van der Waals surface area contributed by atoms with Gasteiger partial charge in [0, 0.05) is 22.8 Å². The number of aryl methyl sites for hydroxylation is 1. The molecule has 1 N–H and O–H groups in total. The Morgan fingerprint density at radius 3 is 2.54 bits per heavy atom. The lowest BCUT2D eigenvalue weighted by Gasteiger charge is -2.12. The maximum atomic E-state index is 9.52. The van der Waals surface area contributed by atoms with Crippen molar-refractivity contribution in [3.05, 3.63) is 77.6 Å². The van der Waals surface area contributed by atoms with Gasteiger partial charge in [0.15, 0.2) is 0 Å². The third-order valence-electron chi connectivity index (χ3n) is 4.50. The molecule has 116 valence electrons. The average molecular weight is 312 g/mol. The van der Waals surface area contributed by atoms with Crippen molar-refractivity contribution in [2.45, 2.75) is 13.5 Å². The summed E-state index contributed by atoms with van der Waals surface area (Å²) in [7, 11) is 0. The Kier molecular flexibility index (Phi) is 3.34. The predicted molar refractivity (Wildman–Crippen MR) is 95.7 cm³/mol. The van der Waals surface area contributed by atoms with Crippen LogP contribution in [0.4, 0.5) is 0 Å². The van der Waals surface area contributed by atoms with E-state index in [1.54, 1.807) is 0 Å². The number of hydrogen-bond acceptors (Lipinski definition) is 2. The molecule has 0 atom stereocenters. The van der Waals surface area contributed by atoms with Crippen molar-refractivity contribution in [2.24, 2.45) is 0 Å². The van der Waals surface area contributed by atoms with E-state index in [0.717, 1.165) is 38.7 Å². The van der Waals surface area contributed by atoms with Crippen LogP contribution >= 0.6 is 0 Å². The van der Waals surface area contributed by atoms with E-state index < -0.39 is 0 Å². The SMILES string of the molecule is Cc1cc(C#N)c2c3ccc(CO)cc3c(-c3ccccc3)cn12. The summed E-state index contributed by atoms with van der Waals surface area (Å²) < 4.78 is 2.09. The largest absolute Gasteiger partial charge is 0.392 e. The fourth-order valence-electron chi connectivity index (χ4n) is 3.34. The summed E-state index contributed by atoms with van der Waals surface area (Å²) in [5, 5.41) is 21.1. The van der Waals surface area contributed by atoms with Crippen LogP contribution in [0.5, 0.6) is 0 Å². The summed E-state index contributed by atoms with van der Waals surface area (Å²) in [5.74, 6) is 0. The van der Waals surface area contributed by atoms with Crippen molar-refractivity contribution in [1.29, 1.82) is 5.26 Å². The highest BCUT2D eigenvalue weighted by molar-refractivity contribution is 6.06. The first-order chi connectivity index (χ1) is 11.7. The monoisotopic (exact) mass is 312 g/mol. The van der Waals surface area contributed by atoms with Crippen LogP contribution in [0.25, 0.3) is 27.4 Å². The third kappa shape index (κ3) is 2.09. The van der Waals surface area contributed by atoms with Gasteiger partial charge in [0.2, 0.25) is 0 Å². The van der Waals surface area contributed by atoms with Crippen LogP contribution < -0.4 is 0 Å². The number of benzene rings is 2. The van der Waals surface area contributed by atoms with Gasteiger partial charge in [-0.05, 0) is 35.6 Å². The molecule has 2 aromatic heterocycles. The molecule has 0 radical (unpaired) electrons. The number of rotatable bonds is 2. The highest BCUT2D eigenvalue weighted by Crippen LogP contribution is 2.34. The lowest BCUT2D eigenvalue weighted by atomic mass is 9.97. The van der Waals surface area contributed by atoms with Crippen LogP contribution in [-0.4, -0.2) is 9.51 Å². The minimum atomic E-state index is 0.000493. The number of aliphatic hydroxyl groups is 1. The molecule has 0 saturated heterocycles. The molecule has 4 rings (SSSR count). The van der Waals surface area contributed by atoms with Gasteiger partial charge in [-0.25, -0.2) is 0 Å². The standard InChI is InChI=1S/C21H16N2O/c1-14-9-17(11-22)21-18-8-7-15(13-24)10-19(18)20(12-23(14)21)16-5-3-2-4-6-16/h2-10,12,24H,13H2,1H3. The summed E-state index contributed by atoms with van der Waals surface area (Å²) in [6.45, 7) is 2.01. The van der Waals surface area contributed by atoms with E-state index >= 15 is 0 Å². The zero-order valence-corrected chi connectivity index (χ0v) is 13.3. The Hall–Kier alpha value is -3.09. The number of hydrogen-bond donors (Lipinski definition) is 1. The van der Waals surface area contributed by atoms with Gasteiger partial charge in [-0.1, -0.05) is 42.5 Å². The minimum Gasteiger partial charge on any atom is -0.392 e. The molecule has 0 spiro atoms. The van der Waals surface area contributed by atoms with E-state index in [4.69, 9.17) is 0 Å². The Balaban J connectivity index is 2.21. The van der Waals surface area contributed by atoms with Gasteiger partial charge in [0.25, 0.3) is 0 Å². The summed E-state index contributed by atoms with van der Waals surface area (Å²) in [4.78, 5) is 0. The summed E-state index contributed by atoms with van der Waals surface area (Å²) in [6, 6.07) is 20.3. The van der Waals surface area contributed by atoms with E-state index in [-0.39, 0.29) is 6.61 Å². The molecule has 2 heterocycles. The van der Waals surface area contributed by atoms with Crippen molar-refractivity contribution in [3.63, 3.8) is 0 Å². The zero-order valence-electron chi connectivity index (χ0n) is 13.3. The quantitative estimate of drug-likeness (QED) is 0.595. The maximum absolute atomic E-state index is 9.52. The van der Waals surface area contributed by atoms with Crippen molar-refractivity contribution in [3.8, 4) is 17.2 Å². The van der Waals surface area contributed by atoms with Crippen LogP contribution in [0.1, 0.15) is 16.8 Å². The van der Waals surface area contributed by atoms with E-state index in [0.29, 0.717) is 5.56 Å². The third-order valence-corrected chi connectivity index (χ3v) is 4.50. The smallest absolute Gasteiger partial charge is 0.101 e. The summed E-state index contributed by atoms with van der Waals surface area (Å²) >= 11 is 0. The van der Waals surface area contributed by atoms with Crippen LogP contribution in [0.3, 0.4) is 0 Å². The fraction of sp³-hybridized carbons (Fsp3) is 0.0952. The molecule has 3 nitrogen and oxygen atoms in total. The molecule has 0 aliphatic carbocycles. The molecule has 0 aliphatic heterocycles. The van der Waals surface area contributed by atoms with Crippen molar-refractivity contribution < 1.29 is 5.11 Å². The van der Waals surface area contributed by atoms with Crippen LogP contribution in [0.2, 0.25) is 0 Å². The van der Waals surface area contributed by atoms with Gasteiger partial charge in [-0.15, -0.1) is 0 Å². The van der Waals surface area contributed by atoms with Gasteiger partial charge < -0.3 is 9.51 Å². The molecule has 24 heavy (non-hydrogen) atoms. The first-order valence-corrected chi connectivity index (χ1v) is 7.86. The molecule has 0 fully saturated rings. The average Bonchev–Trinajstić information content (AvgIpc) is 2.97. The minimum absolute atomic E-state index is 0.000493. The molecule has 0 aliphatic rings. The van der Waals surface area contributed by atoms with Gasteiger partial charge in [0.05, 0.1) is 17.7 Å². The van der Waals surface area contributed by atoms with Gasteiger partial charge >= 0.3 is 0 Å². The number of pyridine rings is 1. The first-order valence-electron chi connectivity index (χ1n) is 7.86. The predicted octanol–water partition coefficient (Wildman–Crippen LogP) is 4.43. The molecule has 4 aromatic rings. The maximum Gasteiger partial charge on any atom is 0.101 e. The van der Waals surface area contributed by atoms with Crippen molar-refractivity contribution in [1.82, 2.24) is 4.40 Å². The van der Waals surface area contributed by atoms with E-state index in [2.05, 4.69) is 28.8 Å². The Labute approximate surface area is 140 Å². The number of nitriles is 1. The second-order valence-corrected chi connectivity index (χ2v) is 5.98. The molecule has 0 saturated carbocycles. The molecule has 0 bridgehead atoms. The summed E-state index contributed by atoms with van der Waals surface area (Å²) in [6.07, 6.45) is 2.09. The van der Waals surface area contributed by atoms with Gasteiger partial charge in [-0.2, -0.15) is 5.26 Å². The lowest BCUT2D eigenvalue weighted by Crippen LogP contribution is -1.94. The molecular weight excluding hydrogens is 296 g/mol. The first kappa shape index (κ1) is 14.5. The van der Waals surface area contributed by atoms with Crippen LogP contribution in [0, 0.1) is 18.3 Å². The molecule has 0 unspecified atom stereocenters. The van der Waals surface area contributed by atoms with E-state index in [1.807, 2.05) is 49.4 Å². The fourth-order valence-corrected chi connectivity index (χ4v) is 3.34. The number of nitrogens with zero attached hydrogens (tertiary/aromatic N) is 2. The number of fused-ring (bicyclic) bond motifs is 3. The second-order valence-electron chi connectivity index (χ2n) is 5.98. The second kappa shape index (κ2) is 5.52. The van der Waals surface area contributed by atoms with Crippen LogP contribution in [0.15, 0.2) is 60.8 Å². The van der Waals surface area contributed by atoms with Crippen molar-refractivity contribution >= 4 is 16.3 Å². The Bertz CT molecular complexity index is 1100. The van der Waals surface area contributed by atoms with E-state index in [9.17, 15) is 10.4 Å². The number of aromatic nitrogens is 1. The number of aliphatic hydroxyl groups excluding tert-OH is 1. The highest BCUT2D eigenvalue weighted by Gasteiger charge is 2.14. The molecule has 2 aromatic carbocycles. The molecular formula is C21H16N2O. The normalized spacial score (nSPS) is 11.0. The van der Waals surface area contributed by atoms with E-state index in [1.165, 1.54) is 0 Å². The van der Waals surface area contributed by atoms with Gasteiger partial charge in [0.1, 0.15) is 6.07 Å². The Morgan fingerprint density at radius 2 is 1.83 bits per heavy atom. The van der Waals surface area contributed by atoms with Gasteiger partial charge in [-0.3, -0.25) is 0 Å². The molecule has 3 heteroatoms. The zero-order chi connectivity index (χ0) is 16.7. The highest BCUT2D eigenvalue weighted by atomic mass is 16.3. The lowest BCUT2D eigenvalue weighted by molar-refractivity contribution is 0.282. The van der Waals surface area contributed by atoms with Crippen LogP contribution in [-0.2, 0) is 6.61 Å². The summed E-state index contributed by atoms with van der Waals surface area (Å²) in [5.41, 5.74) is 5.71. The van der Waals surface area contributed by atoms with Crippen molar-refractivity contribution in [2.75, 3.05) is 0 Å². The molecule has 0 amide bonds. The Morgan fingerprint density at radius 1 is 1.04 bits per heavy atom. The topological polar surface area (TPSA) is 48.4 Å².